The molecule has 11 heteroatoms. The first-order valence-corrected chi connectivity index (χ1v) is 11.9. The van der Waals surface area contributed by atoms with Crippen molar-refractivity contribution in [1.29, 1.82) is 0 Å². The second-order valence-electron chi connectivity index (χ2n) is 7.34. The zero-order chi connectivity index (χ0) is 24.7. The molecule has 3 N–H and O–H groups in total. The summed E-state index contributed by atoms with van der Waals surface area (Å²) in [5.41, 5.74) is 5.10. The predicted molar refractivity (Wildman–Crippen MR) is 121 cm³/mol. The van der Waals surface area contributed by atoms with Crippen LogP contribution in [0, 0.1) is 0 Å². The lowest BCUT2D eigenvalue weighted by molar-refractivity contribution is -0.137. The van der Waals surface area contributed by atoms with E-state index in [-0.39, 0.29) is 12.4 Å². The van der Waals surface area contributed by atoms with E-state index in [2.05, 4.69) is 0 Å². The van der Waals surface area contributed by atoms with Crippen molar-refractivity contribution in [1.82, 2.24) is 0 Å². The highest BCUT2D eigenvalue weighted by Crippen LogP contribution is 2.48. The molecule has 0 aromatic heterocycles. The highest BCUT2D eigenvalue weighted by Gasteiger charge is 2.30. The maximum absolute atomic E-state index is 12.7. The van der Waals surface area contributed by atoms with Gasteiger partial charge in [-0.15, -0.1) is 0 Å². The fraction of sp³-hybridized carbons (Fsp3) is 0.364. The molecule has 0 bridgehead atoms. The van der Waals surface area contributed by atoms with E-state index in [1.54, 1.807) is 18.2 Å². The number of benzene rings is 2. The molecular weight excluding hydrogens is 482 g/mol. The summed E-state index contributed by atoms with van der Waals surface area (Å²) >= 11 is 6.33. The normalized spacial score (nSPS) is 14.4. The van der Waals surface area contributed by atoms with E-state index in [9.17, 15) is 22.8 Å². The maximum atomic E-state index is 12.7. The zero-order valence-corrected chi connectivity index (χ0v) is 19.8. The Bertz CT molecular complexity index is 993. The molecule has 2 aromatic carbocycles. The van der Waals surface area contributed by atoms with Crippen LogP contribution in [0.15, 0.2) is 54.4 Å². The van der Waals surface area contributed by atoms with Crippen molar-refractivity contribution in [3.63, 3.8) is 0 Å². The summed E-state index contributed by atoms with van der Waals surface area (Å²) in [7, 11) is -0.900. The Hall–Kier alpha value is -1.87. The predicted octanol–water partition coefficient (Wildman–Crippen LogP) is 6.16. The van der Waals surface area contributed by atoms with Crippen molar-refractivity contribution >= 4 is 19.2 Å². The van der Waals surface area contributed by atoms with Gasteiger partial charge in [-0.1, -0.05) is 23.7 Å². The molecule has 0 aliphatic heterocycles. The molecule has 0 aliphatic rings. The van der Waals surface area contributed by atoms with Crippen LogP contribution in [-0.2, 0) is 26.2 Å². The second kappa shape index (κ2) is 11.5. The maximum Gasteiger partial charge on any atom is 0.416 e. The summed E-state index contributed by atoms with van der Waals surface area (Å²) in [6.45, 7) is -0.370. The Morgan fingerprint density at radius 3 is 2.21 bits per heavy atom. The first kappa shape index (κ1) is 27.4. The lowest BCUT2D eigenvalue weighted by Gasteiger charge is -2.24. The number of aliphatic hydroxyl groups excluding tert-OH is 1. The van der Waals surface area contributed by atoms with Crippen LogP contribution >= 0.6 is 19.2 Å². The molecule has 33 heavy (non-hydrogen) atoms. The Labute approximate surface area is 195 Å². The van der Waals surface area contributed by atoms with Gasteiger partial charge in [0.15, 0.2) is 0 Å². The molecule has 182 valence electrons. The van der Waals surface area contributed by atoms with Crippen molar-refractivity contribution in [3.05, 3.63) is 70.5 Å². The second-order valence-corrected chi connectivity index (χ2v) is 9.86. The van der Waals surface area contributed by atoms with Gasteiger partial charge in [0.05, 0.1) is 17.7 Å². The number of ether oxygens (including phenoxy) is 1. The Morgan fingerprint density at radius 2 is 1.70 bits per heavy atom. The number of alkyl halides is 3. The van der Waals surface area contributed by atoms with Crippen LogP contribution in [0.5, 0.6) is 11.5 Å². The van der Waals surface area contributed by atoms with Gasteiger partial charge in [-0.3, -0.25) is 4.57 Å². The van der Waals surface area contributed by atoms with Crippen LogP contribution < -0.4 is 10.5 Å². The molecule has 6 nitrogen and oxygen atoms in total. The van der Waals surface area contributed by atoms with E-state index in [1.165, 1.54) is 38.2 Å². The third kappa shape index (κ3) is 8.14. The number of aryl methyl sites for hydroxylation is 1. The average Bonchev–Trinajstić information content (AvgIpc) is 2.79. The van der Waals surface area contributed by atoms with E-state index in [0.717, 1.165) is 17.7 Å². The van der Waals surface area contributed by atoms with Gasteiger partial charge in [0, 0.05) is 25.1 Å². The molecule has 1 unspecified atom stereocenters. The smallest absolute Gasteiger partial charge is 0.416 e. The lowest BCUT2D eigenvalue weighted by atomic mass is 9.93. The molecule has 0 radical (unpaired) electrons. The number of hydrogen-bond acceptors (Lipinski definition) is 6. The van der Waals surface area contributed by atoms with E-state index < -0.39 is 24.9 Å². The molecule has 0 spiro atoms. The van der Waals surface area contributed by atoms with Crippen LogP contribution in [0.3, 0.4) is 0 Å². The first-order valence-electron chi connectivity index (χ1n) is 9.88. The highest BCUT2D eigenvalue weighted by atomic mass is 35.5. The molecule has 2 rings (SSSR count). The van der Waals surface area contributed by atoms with Crippen LogP contribution in [0.1, 0.15) is 24.0 Å². The van der Waals surface area contributed by atoms with Crippen LogP contribution in [-0.4, -0.2) is 31.5 Å². The molecular formula is C22H26ClF3NO5P. The molecule has 0 saturated carbocycles. The van der Waals surface area contributed by atoms with E-state index in [4.69, 9.17) is 31.1 Å². The molecule has 0 heterocycles. The van der Waals surface area contributed by atoms with Crippen molar-refractivity contribution in [2.45, 2.75) is 31.0 Å². The van der Waals surface area contributed by atoms with Gasteiger partial charge in [0.25, 0.3) is 0 Å². The van der Waals surface area contributed by atoms with Crippen molar-refractivity contribution in [2.75, 3.05) is 20.8 Å². The number of aliphatic hydroxyl groups is 1. The standard InChI is InChI=1S/C22H26ClF3NO5P/c1-30-33(29,31-2)13-12-21(27,15-28)11-3-4-16-5-8-19(14-20(16)23)32-18-9-6-17(7-10-18)22(24,25)26/h5-10,12-14,28H,3-4,11,15,27H2,1-2H3. The Morgan fingerprint density at radius 1 is 1.09 bits per heavy atom. The van der Waals surface area contributed by atoms with Gasteiger partial charge in [-0.05, 0) is 61.2 Å². The summed E-state index contributed by atoms with van der Waals surface area (Å²) in [6.07, 6.45) is -1.52. The number of halogens is 4. The van der Waals surface area contributed by atoms with E-state index in [0.29, 0.717) is 30.0 Å². The van der Waals surface area contributed by atoms with E-state index in [1.807, 2.05) is 0 Å². The molecule has 2 aromatic rings. The quantitative estimate of drug-likeness (QED) is 0.354. The third-order valence-corrected chi connectivity index (χ3v) is 6.81. The zero-order valence-electron chi connectivity index (χ0n) is 18.1. The first-order chi connectivity index (χ1) is 15.4. The van der Waals surface area contributed by atoms with Crippen LogP contribution in [0.2, 0.25) is 5.02 Å². The van der Waals surface area contributed by atoms with Gasteiger partial charge in [-0.2, -0.15) is 13.2 Å². The molecule has 0 saturated heterocycles. The SMILES string of the molecule is COP(=O)(C=CC(N)(CO)CCCc1ccc(Oc2ccc(C(F)(F)F)cc2)cc1Cl)OC. The van der Waals surface area contributed by atoms with Gasteiger partial charge < -0.3 is 24.6 Å². The van der Waals surface area contributed by atoms with Crippen molar-refractivity contribution in [2.24, 2.45) is 5.73 Å². The van der Waals surface area contributed by atoms with Crippen LogP contribution in [0.25, 0.3) is 0 Å². The monoisotopic (exact) mass is 507 g/mol. The average molecular weight is 508 g/mol. The highest BCUT2D eigenvalue weighted by molar-refractivity contribution is 7.57. The van der Waals surface area contributed by atoms with Crippen molar-refractivity contribution in [3.8, 4) is 11.5 Å². The fourth-order valence-corrected chi connectivity index (χ4v) is 4.04. The fourth-order valence-electron chi connectivity index (χ4n) is 2.90. The van der Waals surface area contributed by atoms with E-state index >= 15 is 0 Å². The number of nitrogens with two attached hydrogens (primary N) is 1. The molecule has 1 atom stereocenters. The Balaban J connectivity index is 1.98. The van der Waals surface area contributed by atoms with Crippen LogP contribution in [0.4, 0.5) is 13.2 Å². The topological polar surface area (TPSA) is 91.0 Å². The number of hydrogen-bond donors (Lipinski definition) is 2. The summed E-state index contributed by atoms with van der Waals surface area (Å²) in [5, 5.41) is 10.1. The van der Waals surface area contributed by atoms with Gasteiger partial charge in [-0.25, -0.2) is 0 Å². The van der Waals surface area contributed by atoms with Crippen molar-refractivity contribution < 1.29 is 36.6 Å². The Kier molecular flexibility index (Phi) is 9.55. The minimum atomic E-state index is -4.41. The summed E-state index contributed by atoms with van der Waals surface area (Å²) in [5.74, 6) is 1.85. The molecule has 0 fully saturated rings. The minimum absolute atomic E-state index is 0.249. The summed E-state index contributed by atoms with van der Waals surface area (Å²) < 4.78 is 65.3. The summed E-state index contributed by atoms with van der Waals surface area (Å²) in [6, 6.07) is 9.34. The summed E-state index contributed by atoms with van der Waals surface area (Å²) in [4.78, 5) is 0. The van der Waals surface area contributed by atoms with Gasteiger partial charge >= 0.3 is 13.8 Å². The molecule has 0 amide bonds. The largest absolute Gasteiger partial charge is 0.457 e. The van der Waals surface area contributed by atoms with Gasteiger partial charge in [0.2, 0.25) is 0 Å². The third-order valence-electron chi connectivity index (χ3n) is 4.92. The number of rotatable bonds is 11. The van der Waals surface area contributed by atoms with Gasteiger partial charge in [0.1, 0.15) is 11.5 Å². The minimum Gasteiger partial charge on any atom is -0.457 e. The lowest BCUT2D eigenvalue weighted by Crippen LogP contribution is -2.41. The molecule has 0 aliphatic carbocycles.